The van der Waals surface area contributed by atoms with E-state index in [1.807, 2.05) is 43.3 Å². The number of hydrogen-bond donors (Lipinski definition) is 1. The molecule has 0 bridgehead atoms. The summed E-state index contributed by atoms with van der Waals surface area (Å²) in [4.78, 5) is 40.2. The zero-order chi connectivity index (χ0) is 22.5. The molecule has 2 heterocycles. The zero-order valence-electron chi connectivity index (χ0n) is 18.5. The highest BCUT2D eigenvalue weighted by molar-refractivity contribution is 5.94. The maximum atomic E-state index is 12.8. The van der Waals surface area contributed by atoms with Gasteiger partial charge in [0.1, 0.15) is 0 Å². The van der Waals surface area contributed by atoms with Crippen molar-refractivity contribution in [3.8, 4) is 0 Å². The first-order valence-electron chi connectivity index (χ1n) is 11.4. The van der Waals surface area contributed by atoms with Crippen LogP contribution in [0.2, 0.25) is 0 Å². The van der Waals surface area contributed by atoms with Gasteiger partial charge in [0.05, 0.1) is 17.6 Å². The maximum absolute atomic E-state index is 12.8. The first kappa shape index (κ1) is 22.0. The van der Waals surface area contributed by atoms with E-state index in [0.29, 0.717) is 18.7 Å². The number of carbonyl (C=O) groups is 1. The molecular weight excluding hydrogens is 404 g/mol. The Morgan fingerprint density at radius 3 is 2.16 bits per heavy atom. The fourth-order valence-electron chi connectivity index (χ4n) is 4.40. The van der Waals surface area contributed by atoms with Gasteiger partial charge in [-0.05, 0) is 62.7 Å². The third-order valence-corrected chi connectivity index (χ3v) is 6.17. The monoisotopic (exact) mass is 434 g/mol. The van der Waals surface area contributed by atoms with Crippen molar-refractivity contribution in [2.75, 3.05) is 26.2 Å². The van der Waals surface area contributed by atoms with Crippen molar-refractivity contribution in [2.24, 2.45) is 0 Å². The van der Waals surface area contributed by atoms with Crippen LogP contribution in [0.3, 0.4) is 0 Å². The second-order valence-corrected chi connectivity index (χ2v) is 8.28. The molecule has 1 amide bonds. The number of likely N-dealkylation sites (tertiary alicyclic amines) is 1. The number of rotatable bonds is 7. The van der Waals surface area contributed by atoms with E-state index in [-0.39, 0.29) is 12.5 Å². The Labute approximate surface area is 187 Å². The number of nitrogens with zero attached hydrogens (tertiary/aromatic N) is 3. The highest BCUT2D eigenvalue weighted by atomic mass is 16.2. The number of carbonyl (C=O) groups excluding carboxylic acids is 1. The van der Waals surface area contributed by atoms with Crippen LogP contribution in [-0.4, -0.2) is 46.1 Å². The molecule has 168 valence electrons. The van der Waals surface area contributed by atoms with Gasteiger partial charge >= 0.3 is 11.1 Å². The van der Waals surface area contributed by atoms with Crippen molar-refractivity contribution < 1.29 is 4.79 Å². The molecule has 4 rings (SSSR count). The molecule has 3 aromatic rings. The molecule has 0 saturated carbocycles. The van der Waals surface area contributed by atoms with Crippen molar-refractivity contribution in [1.82, 2.24) is 19.4 Å². The van der Waals surface area contributed by atoms with Crippen LogP contribution in [0.4, 0.5) is 0 Å². The Morgan fingerprint density at radius 1 is 0.875 bits per heavy atom. The smallest absolute Gasteiger partial charge is 0.317 e. The van der Waals surface area contributed by atoms with E-state index in [1.165, 1.54) is 28.4 Å². The second kappa shape index (κ2) is 9.96. The largest absolute Gasteiger partial charge is 0.351 e. The fourth-order valence-corrected chi connectivity index (χ4v) is 4.40. The summed E-state index contributed by atoms with van der Waals surface area (Å²) in [7, 11) is 0. The zero-order valence-corrected chi connectivity index (χ0v) is 18.5. The van der Waals surface area contributed by atoms with E-state index >= 15 is 0 Å². The highest BCUT2D eigenvalue weighted by Crippen LogP contribution is 2.13. The minimum Gasteiger partial charge on any atom is -0.351 e. The molecule has 1 aromatic heterocycles. The molecule has 0 radical (unpaired) electrons. The van der Waals surface area contributed by atoms with Crippen molar-refractivity contribution in [3.05, 3.63) is 80.4 Å². The van der Waals surface area contributed by atoms with Crippen LogP contribution in [0, 0.1) is 0 Å². The first-order chi connectivity index (χ1) is 15.6. The Balaban J connectivity index is 1.47. The summed E-state index contributed by atoms with van der Waals surface area (Å²) in [6.45, 7) is 6.31. The average molecular weight is 435 g/mol. The number of para-hydroxylation sites is 2. The van der Waals surface area contributed by atoms with Crippen LogP contribution in [0.25, 0.3) is 11.0 Å². The SMILES string of the molecule is CCn1c(=O)c(=O)n(Cc2ccc(C(=O)NCCN3CCCCC3)cc2)c2ccccc21. The molecule has 7 nitrogen and oxygen atoms in total. The summed E-state index contributed by atoms with van der Waals surface area (Å²) < 4.78 is 3.02. The molecule has 7 heteroatoms. The van der Waals surface area contributed by atoms with Crippen LogP contribution in [0.15, 0.2) is 58.1 Å². The molecule has 1 saturated heterocycles. The van der Waals surface area contributed by atoms with Gasteiger partial charge in [-0.2, -0.15) is 0 Å². The number of aromatic nitrogens is 2. The quantitative estimate of drug-likeness (QED) is 0.580. The van der Waals surface area contributed by atoms with Gasteiger partial charge in [0.25, 0.3) is 5.91 Å². The van der Waals surface area contributed by atoms with Crippen LogP contribution in [0.1, 0.15) is 42.1 Å². The third kappa shape index (κ3) is 4.67. The lowest BCUT2D eigenvalue weighted by atomic mass is 10.1. The van der Waals surface area contributed by atoms with Gasteiger partial charge in [0.2, 0.25) is 0 Å². The maximum Gasteiger partial charge on any atom is 0.317 e. The van der Waals surface area contributed by atoms with Crippen LogP contribution >= 0.6 is 0 Å². The standard InChI is InChI=1S/C25H30N4O3/c1-2-28-21-8-4-5-9-22(21)29(25(32)24(28)31)18-19-10-12-20(13-11-19)23(30)26-14-17-27-15-6-3-7-16-27/h4-5,8-13H,2-3,6-7,14-18H2,1H3,(H,26,30). The molecule has 2 aromatic carbocycles. The number of fused-ring (bicyclic) bond motifs is 1. The minimum absolute atomic E-state index is 0.0956. The lowest BCUT2D eigenvalue weighted by Gasteiger charge is -2.26. The molecule has 1 N–H and O–H groups in total. The van der Waals surface area contributed by atoms with Gasteiger partial charge in [0.15, 0.2) is 0 Å². The topological polar surface area (TPSA) is 76.3 Å². The Hall–Kier alpha value is -3.19. The van der Waals surface area contributed by atoms with E-state index in [2.05, 4.69) is 10.2 Å². The molecular formula is C25H30N4O3. The summed E-state index contributed by atoms with van der Waals surface area (Å²) in [5.41, 5.74) is 1.85. The molecule has 0 atom stereocenters. The van der Waals surface area contributed by atoms with Gasteiger partial charge in [-0.15, -0.1) is 0 Å². The number of piperidine rings is 1. The Morgan fingerprint density at radius 2 is 1.50 bits per heavy atom. The lowest BCUT2D eigenvalue weighted by Crippen LogP contribution is -2.41. The van der Waals surface area contributed by atoms with Gasteiger partial charge < -0.3 is 14.8 Å². The summed E-state index contributed by atoms with van der Waals surface area (Å²) in [5.74, 6) is -0.0956. The number of benzene rings is 2. The Kier molecular flexibility index (Phi) is 6.85. The first-order valence-corrected chi connectivity index (χ1v) is 11.4. The van der Waals surface area contributed by atoms with E-state index in [9.17, 15) is 14.4 Å². The van der Waals surface area contributed by atoms with Crippen molar-refractivity contribution in [1.29, 1.82) is 0 Å². The van der Waals surface area contributed by atoms with Gasteiger partial charge in [0, 0.05) is 25.2 Å². The highest BCUT2D eigenvalue weighted by Gasteiger charge is 2.13. The summed E-state index contributed by atoms with van der Waals surface area (Å²) >= 11 is 0. The van der Waals surface area contributed by atoms with E-state index < -0.39 is 11.1 Å². The van der Waals surface area contributed by atoms with E-state index in [0.717, 1.165) is 36.2 Å². The number of amides is 1. The van der Waals surface area contributed by atoms with Gasteiger partial charge in [-0.1, -0.05) is 30.7 Å². The van der Waals surface area contributed by atoms with Crippen molar-refractivity contribution >= 4 is 16.9 Å². The number of aryl methyl sites for hydroxylation is 1. The van der Waals surface area contributed by atoms with Gasteiger partial charge in [-0.3, -0.25) is 19.0 Å². The molecule has 1 aliphatic heterocycles. The predicted octanol–water partition coefficient (Wildman–Crippen LogP) is 2.45. The molecule has 32 heavy (non-hydrogen) atoms. The third-order valence-electron chi connectivity index (χ3n) is 6.17. The number of hydrogen-bond acceptors (Lipinski definition) is 4. The average Bonchev–Trinajstić information content (AvgIpc) is 2.83. The second-order valence-electron chi connectivity index (χ2n) is 8.28. The molecule has 1 fully saturated rings. The summed E-state index contributed by atoms with van der Waals surface area (Å²) in [6.07, 6.45) is 3.78. The molecule has 0 unspecified atom stereocenters. The molecule has 1 aliphatic rings. The van der Waals surface area contributed by atoms with Crippen LogP contribution in [-0.2, 0) is 13.1 Å². The van der Waals surface area contributed by atoms with E-state index in [4.69, 9.17) is 0 Å². The van der Waals surface area contributed by atoms with Crippen LogP contribution in [0.5, 0.6) is 0 Å². The lowest BCUT2D eigenvalue weighted by molar-refractivity contribution is 0.0946. The molecule has 0 aliphatic carbocycles. The normalized spacial score (nSPS) is 14.5. The van der Waals surface area contributed by atoms with Gasteiger partial charge in [-0.25, -0.2) is 0 Å². The van der Waals surface area contributed by atoms with E-state index in [1.54, 1.807) is 12.1 Å². The van der Waals surface area contributed by atoms with Crippen molar-refractivity contribution in [3.63, 3.8) is 0 Å². The minimum atomic E-state index is -0.537. The summed E-state index contributed by atoms with van der Waals surface area (Å²) in [6, 6.07) is 14.7. The van der Waals surface area contributed by atoms with Crippen molar-refractivity contribution in [2.45, 2.75) is 39.3 Å². The summed E-state index contributed by atoms with van der Waals surface area (Å²) in [5, 5.41) is 2.99. The number of nitrogens with one attached hydrogen (secondary N) is 1. The molecule has 0 spiro atoms. The Bertz CT molecular complexity index is 1200. The van der Waals surface area contributed by atoms with Crippen LogP contribution < -0.4 is 16.4 Å². The predicted molar refractivity (Wildman–Crippen MR) is 126 cm³/mol. The fraction of sp³-hybridized carbons (Fsp3) is 0.400.